The summed E-state index contributed by atoms with van der Waals surface area (Å²) in [5.74, 6) is -3.01. The summed E-state index contributed by atoms with van der Waals surface area (Å²) >= 11 is 5.78. The van der Waals surface area contributed by atoms with E-state index in [0.717, 1.165) is 0 Å². The summed E-state index contributed by atoms with van der Waals surface area (Å²) in [6.07, 6.45) is 0. The van der Waals surface area contributed by atoms with Gasteiger partial charge in [-0.05, 0) is 6.07 Å². The molecule has 0 aromatic heterocycles. The van der Waals surface area contributed by atoms with E-state index in [1.54, 1.807) is 6.07 Å². The van der Waals surface area contributed by atoms with Gasteiger partial charge in [0.25, 0.3) is 5.92 Å². The molecular weight excluding hydrogens is 210 g/mol. The van der Waals surface area contributed by atoms with Gasteiger partial charge in [0, 0.05) is 12.1 Å². The van der Waals surface area contributed by atoms with Crippen LogP contribution in [0.15, 0.2) is 18.2 Å². The quantitative estimate of drug-likeness (QED) is 0.701. The highest BCUT2D eigenvalue weighted by Crippen LogP contribution is 2.41. The van der Waals surface area contributed by atoms with Crippen molar-refractivity contribution in [1.82, 2.24) is 0 Å². The highest BCUT2D eigenvalue weighted by Gasteiger charge is 2.44. The van der Waals surface area contributed by atoms with E-state index in [1.807, 2.05) is 0 Å². The Labute approximate surface area is 85.0 Å². The van der Waals surface area contributed by atoms with Gasteiger partial charge in [-0.25, -0.2) is 0 Å². The molecule has 1 aliphatic rings. The Balaban J connectivity index is 2.59. The van der Waals surface area contributed by atoms with Gasteiger partial charge in [-0.2, -0.15) is 8.78 Å². The Morgan fingerprint density at radius 3 is 2.93 bits per heavy atom. The molecule has 5 heteroatoms. The number of hydrogen-bond donors (Lipinski definition) is 2. The second kappa shape index (κ2) is 3.07. The van der Waals surface area contributed by atoms with E-state index >= 15 is 0 Å². The molecule has 1 atom stereocenters. The van der Waals surface area contributed by atoms with Gasteiger partial charge < -0.3 is 11.1 Å². The Kier molecular flexibility index (Phi) is 2.12. The van der Waals surface area contributed by atoms with Crippen molar-refractivity contribution >= 4 is 17.3 Å². The van der Waals surface area contributed by atoms with E-state index in [4.69, 9.17) is 17.3 Å². The van der Waals surface area contributed by atoms with Crippen LogP contribution >= 0.6 is 11.6 Å². The molecule has 0 spiro atoms. The monoisotopic (exact) mass is 218 g/mol. The first kappa shape index (κ1) is 9.68. The third kappa shape index (κ3) is 1.26. The molecule has 1 aromatic rings. The van der Waals surface area contributed by atoms with Crippen LogP contribution in [0.2, 0.25) is 5.02 Å². The molecular formula is C9H9ClF2N2. The molecule has 14 heavy (non-hydrogen) atoms. The van der Waals surface area contributed by atoms with Crippen LogP contribution in [0.1, 0.15) is 5.56 Å². The number of para-hydroxylation sites is 1. The Bertz CT molecular complexity index is 368. The van der Waals surface area contributed by atoms with Crippen LogP contribution in [0.3, 0.4) is 0 Å². The maximum atomic E-state index is 13.5. The zero-order valence-corrected chi connectivity index (χ0v) is 7.98. The Morgan fingerprint density at radius 1 is 1.50 bits per heavy atom. The van der Waals surface area contributed by atoms with E-state index < -0.39 is 12.0 Å². The molecule has 1 aliphatic heterocycles. The molecule has 76 valence electrons. The third-order valence-corrected chi connectivity index (χ3v) is 2.65. The lowest BCUT2D eigenvalue weighted by atomic mass is 9.96. The largest absolute Gasteiger partial charge is 0.382 e. The molecule has 0 saturated carbocycles. The van der Waals surface area contributed by atoms with Gasteiger partial charge in [-0.15, -0.1) is 0 Å². The number of alkyl halides is 2. The fourth-order valence-corrected chi connectivity index (χ4v) is 1.76. The van der Waals surface area contributed by atoms with Crippen molar-refractivity contribution in [3.63, 3.8) is 0 Å². The van der Waals surface area contributed by atoms with E-state index in [0.29, 0.717) is 10.7 Å². The molecule has 0 bridgehead atoms. The average molecular weight is 219 g/mol. The van der Waals surface area contributed by atoms with Crippen LogP contribution in [-0.4, -0.2) is 12.6 Å². The van der Waals surface area contributed by atoms with Crippen molar-refractivity contribution in [1.29, 1.82) is 0 Å². The predicted molar refractivity (Wildman–Crippen MR) is 51.8 cm³/mol. The normalized spacial score (nSPS) is 23.9. The number of benzene rings is 1. The minimum atomic E-state index is -3.01. The second-order valence-corrected chi connectivity index (χ2v) is 3.68. The minimum Gasteiger partial charge on any atom is -0.382 e. The molecule has 0 amide bonds. The van der Waals surface area contributed by atoms with E-state index in [1.165, 1.54) is 12.1 Å². The summed E-state index contributed by atoms with van der Waals surface area (Å²) in [4.78, 5) is 0. The molecule has 1 aromatic carbocycles. The van der Waals surface area contributed by atoms with Crippen molar-refractivity contribution < 1.29 is 8.78 Å². The van der Waals surface area contributed by atoms with E-state index in [9.17, 15) is 8.78 Å². The molecule has 1 heterocycles. The third-order valence-electron chi connectivity index (χ3n) is 2.34. The van der Waals surface area contributed by atoms with E-state index in [-0.39, 0.29) is 12.1 Å². The van der Waals surface area contributed by atoms with Gasteiger partial charge in [0.15, 0.2) is 0 Å². The van der Waals surface area contributed by atoms with Crippen molar-refractivity contribution in [2.24, 2.45) is 5.73 Å². The minimum absolute atomic E-state index is 0.0315. The first-order valence-corrected chi connectivity index (χ1v) is 4.57. The summed E-state index contributed by atoms with van der Waals surface area (Å²) in [5, 5.41) is 3.10. The molecule has 0 aliphatic carbocycles. The summed E-state index contributed by atoms with van der Waals surface area (Å²) in [5.41, 5.74) is 5.49. The van der Waals surface area contributed by atoms with Crippen LogP contribution in [-0.2, 0) is 5.92 Å². The lowest BCUT2D eigenvalue weighted by molar-refractivity contribution is -0.0299. The second-order valence-electron chi connectivity index (χ2n) is 3.27. The van der Waals surface area contributed by atoms with Crippen molar-refractivity contribution in [2.45, 2.75) is 12.0 Å². The zero-order chi connectivity index (χ0) is 10.3. The van der Waals surface area contributed by atoms with Crippen molar-refractivity contribution in [3.8, 4) is 0 Å². The van der Waals surface area contributed by atoms with Gasteiger partial charge in [0.1, 0.15) is 0 Å². The first-order chi connectivity index (χ1) is 6.53. The number of rotatable bonds is 0. The van der Waals surface area contributed by atoms with Gasteiger partial charge in [-0.1, -0.05) is 23.7 Å². The van der Waals surface area contributed by atoms with Crippen molar-refractivity contribution in [2.75, 3.05) is 11.9 Å². The number of nitrogens with one attached hydrogen (secondary N) is 1. The van der Waals surface area contributed by atoms with Gasteiger partial charge >= 0.3 is 0 Å². The molecule has 3 N–H and O–H groups in total. The number of nitrogens with two attached hydrogens (primary N) is 1. The van der Waals surface area contributed by atoms with Crippen LogP contribution in [0.25, 0.3) is 0 Å². The molecule has 2 nitrogen and oxygen atoms in total. The first-order valence-electron chi connectivity index (χ1n) is 4.19. The highest BCUT2D eigenvalue weighted by atomic mass is 35.5. The van der Waals surface area contributed by atoms with Gasteiger partial charge in [0.05, 0.1) is 16.8 Å². The number of halogens is 3. The molecule has 2 rings (SSSR count). The number of hydrogen-bond acceptors (Lipinski definition) is 2. The van der Waals surface area contributed by atoms with Gasteiger partial charge in [0.2, 0.25) is 0 Å². The molecule has 0 fully saturated rings. The summed E-state index contributed by atoms with van der Waals surface area (Å²) < 4.78 is 27.1. The lowest BCUT2D eigenvalue weighted by Crippen LogP contribution is -2.47. The SMILES string of the molecule is NC1CNc2c(Cl)cccc2C1(F)F. The molecule has 0 radical (unpaired) electrons. The fourth-order valence-electron chi connectivity index (χ4n) is 1.52. The average Bonchev–Trinajstić information content (AvgIpc) is 2.13. The van der Waals surface area contributed by atoms with Gasteiger partial charge in [-0.3, -0.25) is 0 Å². The van der Waals surface area contributed by atoms with Crippen molar-refractivity contribution in [3.05, 3.63) is 28.8 Å². The maximum Gasteiger partial charge on any atom is 0.291 e. The molecule has 0 saturated heterocycles. The summed E-state index contributed by atoms with van der Waals surface area (Å²) in [6, 6.07) is 3.20. The van der Waals surface area contributed by atoms with Crippen LogP contribution in [0, 0.1) is 0 Å². The van der Waals surface area contributed by atoms with E-state index in [2.05, 4.69) is 5.32 Å². The standard InChI is InChI=1S/C9H9ClF2N2/c10-6-3-1-2-5-8(6)14-4-7(13)9(5,11)12/h1-3,7,14H,4,13H2. The fraction of sp³-hybridized carbons (Fsp3) is 0.333. The Hall–Kier alpha value is -0.870. The number of fused-ring (bicyclic) bond motifs is 1. The highest BCUT2D eigenvalue weighted by molar-refractivity contribution is 6.33. The topological polar surface area (TPSA) is 38.0 Å². The predicted octanol–water partition coefficient (Wildman–Crippen LogP) is 2.18. The van der Waals surface area contributed by atoms with Crippen LogP contribution in [0.5, 0.6) is 0 Å². The summed E-state index contributed by atoms with van der Waals surface area (Å²) in [6.45, 7) is 0.0315. The van der Waals surface area contributed by atoms with Crippen LogP contribution in [0.4, 0.5) is 14.5 Å². The van der Waals surface area contributed by atoms with Crippen LogP contribution < -0.4 is 11.1 Å². The number of anilines is 1. The Morgan fingerprint density at radius 2 is 2.21 bits per heavy atom. The zero-order valence-electron chi connectivity index (χ0n) is 7.23. The summed E-state index contributed by atoms with van der Waals surface area (Å²) in [7, 11) is 0. The maximum absolute atomic E-state index is 13.5. The smallest absolute Gasteiger partial charge is 0.291 e. The molecule has 1 unspecified atom stereocenters. The lowest BCUT2D eigenvalue weighted by Gasteiger charge is -2.32.